The van der Waals surface area contributed by atoms with Gasteiger partial charge in [-0.25, -0.2) is 0 Å². The Hall–Kier alpha value is -1.14. The molecule has 2 rings (SSSR count). The zero-order valence-corrected chi connectivity index (χ0v) is 12.8. The predicted octanol–water partition coefficient (Wildman–Crippen LogP) is 2.46. The first-order chi connectivity index (χ1) is 8.54. The van der Waals surface area contributed by atoms with Gasteiger partial charge in [0.15, 0.2) is 0 Å². The van der Waals surface area contributed by atoms with Gasteiger partial charge in [-0.15, -0.1) is 0 Å². The van der Waals surface area contributed by atoms with E-state index in [-0.39, 0.29) is 0 Å². The summed E-state index contributed by atoms with van der Waals surface area (Å²) in [6.07, 6.45) is 1.98. The van der Waals surface area contributed by atoms with Crippen LogP contribution in [0.3, 0.4) is 0 Å². The average Bonchev–Trinajstić information content (AvgIpc) is 2.89. The minimum Gasteiger partial charge on any atom is -0.388 e. The first-order valence-electron chi connectivity index (χ1n) is 5.71. The number of aromatic nitrogens is 3. The first-order valence-corrected chi connectivity index (χ1v) is 6.91. The maximum atomic E-state index is 5.70. The summed E-state index contributed by atoms with van der Waals surface area (Å²) in [6.45, 7) is 5.61. The lowest BCUT2D eigenvalue weighted by Crippen LogP contribution is -2.17. The molecule has 96 valence electrons. The van der Waals surface area contributed by atoms with Gasteiger partial charge in [-0.05, 0) is 41.9 Å². The van der Waals surface area contributed by atoms with Crippen LogP contribution in [0.4, 0.5) is 0 Å². The van der Waals surface area contributed by atoms with Crippen molar-refractivity contribution in [3.63, 3.8) is 0 Å². The standard InChI is InChI=1S/C12H15BrN4S/c1-3-17-10(11(13)8(2)15-17)7-16-6-4-5-9(16)12(14)18/h4-6H,3,7H2,1-2H3,(H2,14,18). The van der Waals surface area contributed by atoms with E-state index in [0.717, 1.165) is 28.1 Å². The molecule has 0 spiro atoms. The summed E-state index contributed by atoms with van der Waals surface area (Å²) in [5, 5.41) is 4.48. The van der Waals surface area contributed by atoms with Crippen molar-refractivity contribution in [1.29, 1.82) is 0 Å². The van der Waals surface area contributed by atoms with Gasteiger partial charge < -0.3 is 10.3 Å². The van der Waals surface area contributed by atoms with Crippen molar-refractivity contribution in [2.45, 2.75) is 26.9 Å². The number of thiocarbonyl (C=S) groups is 1. The molecule has 0 radical (unpaired) electrons. The lowest BCUT2D eigenvalue weighted by atomic mass is 10.3. The van der Waals surface area contributed by atoms with Crippen molar-refractivity contribution in [2.75, 3.05) is 0 Å². The lowest BCUT2D eigenvalue weighted by molar-refractivity contribution is 0.596. The highest BCUT2D eigenvalue weighted by Crippen LogP contribution is 2.22. The Morgan fingerprint density at radius 2 is 2.28 bits per heavy atom. The fourth-order valence-electron chi connectivity index (χ4n) is 1.96. The van der Waals surface area contributed by atoms with E-state index in [2.05, 4.69) is 28.0 Å². The Morgan fingerprint density at radius 3 is 2.89 bits per heavy atom. The molecule has 0 bridgehead atoms. The van der Waals surface area contributed by atoms with Crippen LogP contribution in [0.1, 0.15) is 24.0 Å². The third-order valence-corrected chi connectivity index (χ3v) is 4.10. The van der Waals surface area contributed by atoms with Crippen molar-refractivity contribution >= 4 is 33.1 Å². The van der Waals surface area contributed by atoms with E-state index < -0.39 is 0 Å². The molecule has 2 heterocycles. The van der Waals surface area contributed by atoms with E-state index in [9.17, 15) is 0 Å². The second-order valence-electron chi connectivity index (χ2n) is 4.05. The fraction of sp³-hybridized carbons (Fsp3) is 0.333. The Labute approximate surface area is 120 Å². The van der Waals surface area contributed by atoms with Crippen LogP contribution >= 0.6 is 28.1 Å². The zero-order valence-electron chi connectivity index (χ0n) is 10.4. The molecule has 0 amide bonds. The quantitative estimate of drug-likeness (QED) is 0.878. The van der Waals surface area contributed by atoms with Crippen molar-refractivity contribution in [3.05, 3.63) is 39.9 Å². The number of halogens is 1. The highest BCUT2D eigenvalue weighted by atomic mass is 79.9. The van der Waals surface area contributed by atoms with E-state index in [4.69, 9.17) is 18.0 Å². The zero-order chi connectivity index (χ0) is 13.3. The van der Waals surface area contributed by atoms with Crippen LogP contribution in [0, 0.1) is 6.92 Å². The second-order valence-corrected chi connectivity index (χ2v) is 5.28. The molecule has 0 unspecified atom stereocenters. The summed E-state index contributed by atoms with van der Waals surface area (Å²) in [6, 6.07) is 3.87. The average molecular weight is 327 g/mol. The van der Waals surface area contributed by atoms with Gasteiger partial charge in [-0.3, -0.25) is 4.68 Å². The number of nitrogens with two attached hydrogens (primary N) is 1. The van der Waals surface area contributed by atoms with Gasteiger partial charge in [0.25, 0.3) is 0 Å². The molecular weight excluding hydrogens is 312 g/mol. The molecule has 0 aliphatic heterocycles. The summed E-state index contributed by atoms with van der Waals surface area (Å²) in [5.41, 5.74) is 8.70. The molecule has 0 saturated carbocycles. The molecule has 2 N–H and O–H groups in total. The SMILES string of the molecule is CCn1nc(C)c(Br)c1Cn1cccc1C(N)=S. The Balaban J connectivity index is 2.39. The van der Waals surface area contributed by atoms with Crippen molar-refractivity contribution in [3.8, 4) is 0 Å². The summed E-state index contributed by atoms with van der Waals surface area (Å²) in [4.78, 5) is 0.412. The molecular formula is C12H15BrN4S. The predicted molar refractivity (Wildman–Crippen MR) is 79.8 cm³/mol. The Morgan fingerprint density at radius 1 is 1.56 bits per heavy atom. The molecule has 6 heteroatoms. The number of hydrogen-bond acceptors (Lipinski definition) is 2. The van der Waals surface area contributed by atoms with Crippen LogP contribution in [0.25, 0.3) is 0 Å². The molecule has 0 aromatic carbocycles. The number of hydrogen-bond donors (Lipinski definition) is 1. The van der Waals surface area contributed by atoms with Crippen molar-refractivity contribution in [2.24, 2.45) is 5.73 Å². The molecule has 4 nitrogen and oxygen atoms in total. The van der Waals surface area contributed by atoms with E-state index in [0.29, 0.717) is 11.5 Å². The molecule has 0 fully saturated rings. The maximum Gasteiger partial charge on any atom is 0.120 e. The third kappa shape index (κ3) is 2.35. The van der Waals surface area contributed by atoms with Crippen molar-refractivity contribution in [1.82, 2.24) is 14.3 Å². The van der Waals surface area contributed by atoms with Gasteiger partial charge in [-0.1, -0.05) is 12.2 Å². The molecule has 0 atom stereocenters. The van der Waals surface area contributed by atoms with Gasteiger partial charge in [0, 0.05) is 12.7 Å². The minimum absolute atomic E-state index is 0.412. The van der Waals surface area contributed by atoms with Crippen LogP contribution in [0.2, 0.25) is 0 Å². The molecule has 0 aliphatic rings. The summed E-state index contributed by atoms with van der Waals surface area (Å²) < 4.78 is 5.07. The molecule has 0 aliphatic carbocycles. The number of rotatable bonds is 4. The monoisotopic (exact) mass is 326 g/mol. The van der Waals surface area contributed by atoms with Gasteiger partial charge in [0.2, 0.25) is 0 Å². The normalized spacial score (nSPS) is 10.8. The highest BCUT2D eigenvalue weighted by molar-refractivity contribution is 9.10. The van der Waals surface area contributed by atoms with E-state index >= 15 is 0 Å². The van der Waals surface area contributed by atoms with Crippen LogP contribution in [0.5, 0.6) is 0 Å². The Bertz CT molecular complexity index is 585. The van der Waals surface area contributed by atoms with Gasteiger partial charge >= 0.3 is 0 Å². The molecule has 2 aromatic rings. The Kier molecular flexibility index (Phi) is 3.87. The molecule has 18 heavy (non-hydrogen) atoms. The van der Waals surface area contributed by atoms with E-state index in [1.807, 2.05) is 34.5 Å². The summed E-state index contributed by atoms with van der Waals surface area (Å²) in [5.74, 6) is 0. The first kappa shape index (κ1) is 13.3. The fourth-order valence-corrected chi connectivity index (χ4v) is 2.55. The van der Waals surface area contributed by atoms with Gasteiger partial charge in [0.05, 0.1) is 28.1 Å². The van der Waals surface area contributed by atoms with Crippen molar-refractivity contribution < 1.29 is 0 Å². The molecule has 2 aromatic heterocycles. The van der Waals surface area contributed by atoms with Gasteiger partial charge in [-0.2, -0.15) is 5.10 Å². The smallest absolute Gasteiger partial charge is 0.120 e. The summed E-state index contributed by atoms with van der Waals surface area (Å²) in [7, 11) is 0. The largest absolute Gasteiger partial charge is 0.388 e. The van der Waals surface area contributed by atoms with Crippen LogP contribution in [0.15, 0.2) is 22.8 Å². The van der Waals surface area contributed by atoms with E-state index in [1.54, 1.807) is 0 Å². The number of nitrogens with zero attached hydrogens (tertiary/aromatic N) is 3. The second kappa shape index (κ2) is 5.24. The summed E-state index contributed by atoms with van der Waals surface area (Å²) >= 11 is 8.63. The maximum absolute atomic E-state index is 5.70. The number of aryl methyl sites for hydroxylation is 2. The highest BCUT2D eigenvalue weighted by Gasteiger charge is 2.14. The minimum atomic E-state index is 0.412. The van der Waals surface area contributed by atoms with Crippen LogP contribution < -0.4 is 5.73 Å². The van der Waals surface area contributed by atoms with Crippen LogP contribution in [-0.2, 0) is 13.1 Å². The molecule has 0 saturated heterocycles. The van der Waals surface area contributed by atoms with Crippen LogP contribution in [-0.4, -0.2) is 19.3 Å². The third-order valence-electron chi connectivity index (χ3n) is 2.85. The van der Waals surface area contributed by atoms with Gasteiger partial charge in [0.1, 0.15) is 4.99 Å². The topological polar surface area (TPSA) is 48.8 Å². The van der Waals surface area contributed by atoms with E-state index in [1.165, 1.54) is 0 Å². The lowest BCUT2D eigenvalue weighted by Gasteiger charge is -2.10.